The van der Waals surface area contributed by atoms with Crippen molar-refractivity contribution in [2.45, 2.75) is 18.9 Å². The molecule has 0 atom stereocenters. The molecule has 3 aromatic heterocycles. The third-order valence-corrected chi connectivity index (χ3v) is 6.60. The van der Waals surface area contributed by atoms with Crippen LogP contribution in [0.4, 0.5) is 5.69 Å². The van der Waals surface area contributed by atoms with E-state index < -0.39 is 0 Å². The van der Waals surface area contributed by atoms with Crippen LogP contribution in [0, 0.1) is 13.8 Å². The number of thioether (sulfide) groups is 1. The predicted octanol–water partition coefficient (Wildman–Crippen LogP) is 5.92. The number of nitrogens with one attached hydrogen (secondary N) is 1. The fourth-order valence-electron chi connectivity index (χ4n) is 2.89. The van der Waals surface area contributed by atoms with Crippen molar-refractivity contribution in [3.63, 3.8) is 0 Å². The molecule has 1 amide bonds. The third kappa shape index (κ3) is 4.24. The molecule has 146 valence electrons. The van der Waals surface area contributed by atoms with Gasteiger partial charge in [-0.2, -0.15) is 0 Å². The normalized spacial score (nSPS) is 10.9. The smallest absolute Gasteiger partial charge is 0.260 e. The number of aryl methyl sites for hydroxylation is 2. The molecule has 0 saturated carbocycles. The molecule has 4 aromatic rings. The minimum atomic E-state index is -0.207. The number of carbonyl (C=O) groups excluding carboxylic acids is 1. The zero-order valence-electron chi connectivity index (χ0n) is 16.1. The average Bonchev–Trinajstić information content (AvgIpc) is 3.39. The van der Waals surface area contributed by atoms with E-state index in [-0.39, 0.29) is 5.91 Å². The SMILES string of the molecule is CSc1nc(-c2cccs2)nc(C)c1C(=O)Nc1ccc(-c2csc(C)n2)cc1. The van der Waals surface area contributed by atoms with Gasteiger partial charge in [-0.15, -0.1) is 34.4 Å². The van der Waals surface area contributed by atoms with Crippen molar-refractivity contribution in [1.82, 2.24) is 15.0 Å². The number of aromatic nitrogens is 3. The molecule has 1 aromatic carbocycles. The Morgan fingerprint density at radius 1 is 1.03 bits per heavy atom. The van der Waals surface area contributed by atoms with Gasteiger partial charge in [-0.25, -0.2) is 15.0 Å². The number of benzene rings is 1. The highest BCUT2D eigenvalue weighted by Crippen LogP contribution is 2.28. The van der Waals surface area contributed by atoms with Gasteiger partial charge in [0.2, 0.25) is 0 Å². The lowest BCUT2D eigenvalue weighted by molar-refractivity contribution is 0.102. The van der Waals surface area contributed by atoms with E-state index in [1.165, 1.54) is 11.8 Å². The van der Waals surface area contributed by atoms with Gasteiger partial charge in [0.15, 0.2) is 5.82 Å². The number of anilines is 1. The molecule has 1 N–H and O–H groups in total. The molecule has 0 unspecified atom stereocenters. The Morgan fingerprint density at radius 2 is 1.83 bits per heavy atom. The molecule has 0 bridgehead atoms. The minimum absolute atomic E-state index is 0.207. The molecule has 0 spiro atoms. The summed E-state index contributed by atoms with van der Waals surface area (Å²) in [7, 11) is 0. The molecule has 29 heavy (non-hydrogen) atoms. The summed E-state index contributed by atoms with van der Waals surface area (Å²) in [6.07, 6.45) is 1.92. The highest BCUT2D eigenvalue weighted by molar-refractivity contribution is 7.98. The summed E-state index contributed by atoms with van der Waals surface area (Å²) < 4.78 is 0. The maximum absolute atomic E-state index is 13.0. The second kappa shape index (κ2) is 8.44. The molecule has 5 nitrogen and oxygen atoms in total. The van der Waals surface area contributed by atoms with Gasteiger partial charge in [-0.1, -0.05) is 18.2 Å². The Hall–Kier alpha value is -2.55. The van der Waals surface area contributed by atoms with Crippen molar-refractivity contribution in [3.05, 3.63) is 63.4 Å². The maximum Gasteiger partial charge on any atom is 0.260 e. The number of thiazole rings is 1. The number of carbonyl (C=O) groups is 1. The molecule has 0 saturated heterocycles. The van der Waals surface area contributed by atoms with Crippen LogP contribution in [0.5, 0.6) is 0 Å². The quantitative estimate of drug-likeness (QED) is 0.309. The first-order valence-electron chi connectivity index (χ1n) is 8.85. The van der Waals surface area contributed by atoms with Gasteiger partial charge >= 0.3 is 0 Å². The maximum atomic E-state index is 13.0. The van der Waals surface area contributed by atoms with Crippen LogP contribution >= 0.6 is 34.4 Å². The van der Waals surface area contributed by atoms with E-state index in [2.05, 4.69) is 20.3 Å². The second-order valence-electron chi connectivity index (χ2n) is 6.28. The summed E-state index contributed by atoms with van der Waals surface area (Å²) in [5.74, 6) is 0.447. The summed E-state index contributed by atoms with van der Waals surface area (Å²) in [5, 5.41) is 8.69. The van der Waals surface area contributed by atoms with Crippen molar-refractivity contribution in [3.8, 4) is 22.0 Å². The van der Waals surface area contributed by atoms with E-state index in [4.69, 9.17) is 0 Å². The van der Waals surface area contributed by atoms with Gasteiger partial charge in [0.1, 0.15) is 5.03 Å². The number of amides is 1. The van der Waals surface area contributed by atoms with Gasteiger partial charge in [0, 0.05) is 16.6 Å². The molecule has 0 fully saturated rings. The Labute approximate surface area is 181 Å². The summed E-state index contributed by atoms with van der Waals surface area (Å²) in [4.78, 5) is 27.6. The minimum Gasteiger partial charge on any atom is -0.322 e. The highest BCUT2D eigenvalue weighted by Gasteiger charge is 2.19. The summed E-state index contributed by atoms with van der Waals surface area (Å²) in [6.45, 7) is 3.83. The van der Waals surface area contributed by atoms with Gasteiger partial charge in [-0.3, -0.25) is 4.79 Å². The highest BCUT2D eigenvalue weighted by atomic mass is 32.2. The first-order chi connectivity index (χ1) is 14.0. The lowest BCUT2D eigenvalue weighted by Gasteiger charge is -2.12. The lowest BCUT2D eigenvalue weighted by Crippen LogP contribution is -2.16. The van der Waals surface area contributed by atoms with Crippen LogP contribution in [0.2, 0.25) is 0 Å². The van der Waals surface area contributed by atoms with E-state index >= 15 is 0 Å². The van der Waals surface area contributed by atoms with Gasteiger partial charge < -0.3 is 5.32 Å². The molecule has 8 heteroatoms. The average molecular weight is 439 g/mol. The van der Waals surface area contributed by atoms with Gasteiger partial charge in [0.05, 0.1) is 26.8 Å². The topological polar surface area (TPSA) is 67.8 Å². The van der Waals surface area contributed by atoms with Crippen LogP contribution in [-0.2, 0) is 0 Å². The van der Waals surface area contributed by atoms with Crippen molar-refractivity contribution >= 4 is 46.0 Å². The van der Waals surface area contributed by atoms with E-state index in [0.717, 1.165) is 26.8 Å². The van der Waals surface area contributed by atoms with Crippen molar-refractivity contribution < 1.29 is 4.79 Å². The van der Waals surface area contributed by atoms with Crippen LogP contribution in [-0.4, -0.2) is 27.1 Å². The molecular weight excluding hydrogens is 420 g/mol. The number of nitrogens with zero attached hydrogens (tertiary/aromatic N) is 3. The second-order valence-corrected chi connectivity index (χ2v) is 9.08. The Morgan fingerprint density at radius 3 is 2.45 bits per heavy atom. The van der Waals surface area contributed by atoms with Crippen molar-refractivity contribution in [1.29, 1.82) is 0 Å². The zero-order chi connectivity index (χ0) is 20.4. The molecule has 0 aliphatic carbocycles. The molecule has 0 radical (unpaired) electrons. The number of hydrogen-bond donors (Lipinski definition) is 1. The molecule has 0 aliphatic heterocycles. The fourth-order valence-corrected chi connectivity index (χ4v) is 4.79. The lowest BCUT2D eigenvalue weighted by atomic mass is 10.1. The zero-order valence-corrected chi connectivity index (χ0v) is 18.5. The Bertz CT molecular complexity index is 1150. The predicted molar refractivity (Wildman–Crippen MR) is 122 cm³/mol. The standard InChI is InChI=1S/C21H18N4OS3/c1-12-18(21(27-3)25-19(22-12)17-5-4-10-28-17)20(26)24-15-8-6-14(7-9-15)16-11-29-13(2)23-16/h4-11H,1-3H3,(H,24,26). The van der Waals surface area contributed by atoms with E-state index in [0.29, 0.717) is 22.1 Å². The largest absolute Gasteiger partial charge is 0.322 e. The molecule has 3 heterocycles. The van der Waals surface area contributed by atoms with Crippen molar-refractivity contribution in [2.24, 2.45) is 0 Å². The summed E-state index contributed by atoms with van der Waals surface area (Å²) in [6, 6.07) is 11.6. The first-order valence-corrected chi connectivity index (χ1v) is 11.8. The Kier molecular flexibility index (Phi) is 5.75. The fraction of sp³-hybridized carbons (Fsp3) is 0.143. The number of thiophene rings is 1. The first kappa shape index (κ1) is 19.8. The van der Waals surface area contributed by atoms with Crippen LogP contribution in [0.15, 0.2) is 52.2 Å². The monoisotopic (exact) mass is 438 g/mol. The van der Waals surface area contributed by atoms with E-state index in [1.807, 2.05) is 67.3 Å². The third-order valence-electron chi connectivity index (χ3n) is 4.28. The van der Waals surface area contributed by atoms with Crippen LogP contribution in [0.25, 0.3) is 22.0 Å². The van der Waals surface area contributed by atoms with Gasteiger partial charge in [0.25, 0.3) is 5.91 Å². The molecule has 0 aliphatic rings. The van der Waals surface area contributed by atoms with Crippen molar-refractivity contribution in [2.75, 3.05) is 11.6 Å². The van der Waals surface area contributed by atoms with Crippen LogP contribution < -0.4 is 5.32 Å². The van der Waals surface area contributed by atoms with Crippen LogP contribution in [0.3, 0.4) is 0 Å². The summed E-state index contributed by atoms with van der Waals surface area (Å²) >= 11 is 4.65. The molecular formula is C21H18N4OS3. The number of hydrogen-bond acceptors (Lipinski definition) is 7. The van der Waals surface area contributed by atoms with E-state index in [9.17, 15) is 4.79 Å². The Balaban J connectivity index is 1.58. The summed E-state index contributed by atoms with van der Waals surface area (Å²) in [5.41, 5.74) is 3.87. The number of rotatable bonds is 5. The van der Waals surface area contributed by atoms with Gasteiger partial charge in [-0.05, 0) is 43.7 Å². The van der Waals surface area contributed by atoms with E-state index in [1.54, 1.807) is 22.7 Å². The molecule has 4 rings (SSSR count). The van der Waals surface area contributed by atoms with Crippen LogP contribution in [0.1, 0.15) is 21.1 Å².